The lowest BCUT2D eigenvalue weighted by molar-refractivity contribution is 0.0970. The van der Waals surface area contributed by atoms with Crippen LogP contribution in [0.1, 0.15) is 39.2 Å². The molecule has 4 rings (SSSR count). The van der Waals surface area contributed by atoms with E-state index in [0.29, 0.717) is 16.9 Å². The fraction of sp³-hybridized carbons (Fsp3) is 0.120. The number of carbonyl (C=O) groups is 2. The first-order valence-corrected chi connectivity index (χ1v) is 9.68. The zero-order valence-electron chi connectivity index (χ0n) is 16.8. The molecule has 0 aliphatic rings. The number of aromatic amines is 1. The van der Waals surface area contributed by atoms with Gasteiger partial charge in [0.25, 0.3) is 0 Å². The first-order valence-electron chi connectivity index (χ1n) is 9.68. The van der Waals surface area contributed by atoms with E-state index in [-0.39, 0.29) is 11.6 Å². The summed E-state index contributed by atoms with van der Waals surface area (Å²) in [6, 6.07) is 21.9. The normalized spacial score (nSPS) is 11.8. The molecule has 3 aromatic carbocycles. The zero-order valence-corrected chi connectivity index (χ0v) is 16.8. The molecule has 0 bridgehead atoms. The van der Waals surface area contributed by atoms with Crippen molar-refractivity contribution in [1.29, 1.82) is 0 Å². The predicted octanol–water partition coefficient (Wildman–Crippen LogP) is 5.42. The maximum atomic E-state index is 13.6. The molecule has 2 N–H and O–H groups in total. The summed E-state index contributed by atoms with van der Waals surface area (Å²) in [5, 5.41) is 4.14. The van der Waals surface area contributed by atoms with Gasteiger partial charge >= 0.3 is 0 Å². The number of nitrogens with one attached hydrogen (secondary N) is 2. The molecule has 5 nitrogen and oxygen atoms in total. The van der Waals surface area contributed by atoms with Crippen LogP contribution in [0.25, 0.3) is 10.9 Å². The molecule has 0 fully saturated rings. The minimum Gasteiger partial charge on any atom is -0.497 e. The van der Waals surface area contributed by atoms with Crippen LogP contribution in [0.4, 0.5) is 5.69 Å². The van der Waals surface area contributed by atoms with Crippen molar-refractivity contribution in [3.05, 3.63) is 95.7 Å². The Bertz CT molecular complexity index is 1210. The predicted molar refractivity (Wildman–Crippen MR) is 118 cm³/mol. The molecule has 0 aliphatic carbocycles. The Morgan fingerprint density at radius 3 is 2.50 bits per heavy atom. The van der Waals surface area contributed by atoms with Gasteiger partial charge in [0.2, 0.25) is 0 Å². The number of fused-ring (bicyclic) bond motifs is 1. The number of benzene rings is 3. The summed E-state index contributed by atoms with van der Waals surface area (Å²) < 4.78 is 5.31. The molecular weight excluding hydrogens is 376 g/mol. The van der Waals surface area contributed by atoms with Gasteiger partial charge in [-0.15, -0.1) is 0 Å². The second kappa shape index (κ2) is 8.25. The molecule has 0 spiro atoms. The number of Topliss-reactive ketones (excluding diaryl/α,β-unsaturated/α-hetero) is 2. The highest BCUT2D eigenvalue weighted by molar-refractivity contribution is 6.12. The van der Waals surface area contributed by atoms with Gasteiger partial charge in [-0.25, -0.2) is 0 Å². The number of H-pyrrole nitrogens is 1. The average Bonchev–Trinajstić information content (AvgIpc) is 3.21. The minimum atomic E-state index is -0.579. The topological polar surface area (TPSA) is 71.2 Å². The maximum Gasteiger partial charge on any atom is 0.191 e. The van der Waals surface area contributed by atoms with Crippen molar-refractivity contribution in [2.45, 2.75) is 13.0 Å². The minimum absolute atomic E-state index is 0.0127. The van der Waals surface area contributed by atoms with Gasteiger partial charge in [0.15, 0.2) is 11.6 Å². The lowest BCUT2D eigenvalue weighted by atomic mass is 9.96. The van der Waals surface area contributed by atoms with Crippen LogP contribution in [-0.4, -0.2) is 23.7 Å². The average molecular weight is 398 g/mol. The quantitative estimate of drug-likeness (QED) is 0.408. The summed E-state index contributed by atoms with van der Waals surface area (Å²) >= 11 is 0. The molecule has 0 saturated heterocycles. The van der Waals surface area contributed by atoms with Crippen LogP contribution in [0, 0.1) is 0 Å². The highest BCUT2D eigenvalue weighted by Gasteiger charge is 2.24. The number of carbonyl (C=O) groups excluding carboxylic acids is 2. The maximum absolute atomic E-state index is 13.6. The third-order valence-electron chi connectivity index (χ3n) is 5.13. The molecule has 0 amide bonds. The molecular formula is C25H22N2O3. The first kappa shape index (κ1) is 19.5. The molecule has 1 unspecified atom stereocenters. The van der Waals surface area contributed by atoms with E-state index in [2.05, 4.69) is 10.3 Å². The second-order valence-electron chi connectivity index (χ2n) is 7.10. The largest absolute Gasteiger partial charge is 0.497 e. The van der Waals surface area contributed by atoms with Crippen molar-refractivity contribution in [2.75, 3.05) is 12.4 Å². The molecule has 1 heterocycles. The Morgan fingerprint density at radius 1 is 0.967 bits per heavy atom. The van der Waals surface area contributed by atoms with E-state index in [1.165, 1.54) is 6.92 Å². The van der Waals surface area contributed by atoms with Gasteiger partial charge in [0, 0.05) is 40.0 Å². The van der Waals surface area contributed by atoms with Crippen molar-refractivity contribution in [3.8, 4) is 5.75 Å². The van der Waals surface area contributed by atoms with Crippen LogP contribution < -0.4 is 10.1 Å². The van der Waals surface area contributed by atoms with Crippen LogP contribution in [0.5, 0.6) is 5.75 Å². The Hall–Kier alpha value is -3.86. The molecule has 1 aromatic heterocycles. The molecule has 30 heavy (non-hydrogen) atoms. The molecule has 0 radical (unpaired) electrons. The summed E-state index contributed by atoms with van der Waals surface area (Å²) in [6.07, 6.45) is 1.71. The molecule has 1 atom stereocenters. The highest BCUT2D eigenvalue weighted by Crippen LogP contribution is 2.29. The van der Waals surface area contributed by atoms with Crippen molar-refractivity contribution in [1.82, 2.24) is 4.98 Å². The highest BCUT2D eigenvalue weighted by atomic mass is 16.5. The number of aromatic nitrogens is 1. The number of ketones is 2. The van der Waals surface area contributed by atoms with Crippen molar-refractivity contribution in [2.24, 2.45) is 0 Å². The number of hydrogen-bond donors (Lipinski definition) is 2. The van der Waals surface area contributed by atoms with Gasteiger partial charge in [-0.1, -0.05) is 48.5 Å². The van der Waals surface area contributed by atoms with Gasteiger partial charge in [0.1, 0.15) is 11.8 Å². The standard InChI is InChI=1S/C25H22N2O3/c1-16(28)18-11-12-21-22(15-26-23(21)13-18)25(29)24(17-7-4-3-5-8-17)27-19-9-6-10-20(14-19)30-2/h3-15,24,26-27H,1-2H3. The fourth-order valence-electron chi connectivity index (χ4n) is 3.53. The smallest absolute Gasteiger partial charge is 0.191 e. The number of anilines is 1. The second-order valence-corrected chi connectivity index (χ2v) is 7.10. The Balaban J connectivity index is 1.74. The van der Waals surface area contributed by atoms with E-state index >= 15 is 0 Å². The Morgan fingerprint density at radius 2 is 1.77 bits per heavy atom. The van der Waals surface area contributed by atoms with Gasteiger partial charge in [-0.2, -0.15) is 0 Å². The van der Waals surface area contributed by atoms with Crippen LogP contribution in [-0.2, 0) is 0 Å². The lowest BCUT2D eigenvalue weighted by Crippen LogP contribution is -2.21. The fourth-order valence-corrected chi connectivity index (χ4v) is 3.53. The van der Waals surface area contributed by atoms with E-state index < -0.39 is 6.04 Å². The Labute approximate surface area is 174 Å². The third kappa shape index (κ3) is 3.82. The summed E-state index contributed by atoms with van der Waals surface area (Å²) in [7, 11) is 1.61. The number of ether oxygens (including phenoxy) is 1. The van der Waals surface area contributed by atoms with E-state index in [4.69, 9.17) is 4.74 Å². The summed E-state index contributed by atoms with van der Waals surface area (Å²) in [5.41, 5.74) is 3.59. The van der Waals surface area contributed by atoms with E-state index in [0.717, 1.165) is 22.2 Å². The van der Waals surface area contributed by atoms with Crippen LogP contribution in [0.15, 0.2) is 79.0 Å². The summed E-state index contributed by atoms with van der Waals surface area (Å²) in [6.45, 7) is 1.53. The molecule has 0 saturated carbocycles. The van der Waals surface area contributed by atoms with Crippen LogP contribution in [0.3, 0.4) is 0 Å². The monoisotopic (exact) mass is 398 g/mol. The first-order chi connectivity index (χ1) is 14.6. The Kier molecular flexibility index (Phi) is 5.35. The summed E-state index contributed by atoms with van der Waals surface area (Å²) in [4.78, 5) is 28.4. The molecule has 150 valence electrons. The van der Waals surface area contributed by atoms with E-state index in [1.807, 2.05) is 60.7 Å². The zero-order chi connectivity index (χ0) is 21.1. The van der Waals surface area contributed by atoms with Crippen LogP contribution in [0.2, 0.25) is 0 Å². The summed E-state index contributed by atoms with van der Waals surface area (Å²) in [5.74, 6) is 0.634. The number of hydrogen-bond acceptors (Lipinski definition) is 4. The molecule has 0 aliphatic heterocycles. The van der Waals surface area contributed by atoms with Crippen LogP contribution >= 0.6 is 0 Å². The third-order valence-corrected chi connectivity index (χ3v) is 5.13. The van der Waals surface area contributed by atoms with Crippen molar-refractivity contribution >= 4 is 28.2 Å². The lowest BCUT2D eigenvalue weighted by Gasteiger charge is -2.19. The van der Waals surface area contributed by atoms with E-state index in [9.17, 15) is 9.59 Å². The van der Waals surface area contributed by atoms with Crippen molar-refractivity contribution in [3.63, 3.8) is 0 Å². The van der Waals surface area contributed by atoms with Gasteiger partial charge in [0.05, 0.1) is 7.11 Å². The SMILES string of the molecule is COc1cccc(NC(C(=O)c2c[nH]c3cc(C(C)=O)ccc23)c2ccccc2)c1. The van der Waals surface area contributed by atoms with Gasteiger partial charge in [-0.05, 0) is 30.7 Å². The van der Waals surface area contributed by atoms with E-state index in [1.54, 1.807) is 25.4 Å². The number of methoxy groups -OCH3 is 1. The molecule has 4 aromatic rings. The van der Waals surface area contributed by atoms with Crippen molar-refractivity contribution < 1.29 is 14.3 Å². The molecule has 5 heteroatoms. The van der Waals surface area contributed by atoms with Gasteiger partial charge < -0.3 is 15.0 Å². The number of rotatable bonds is 7. The van der Waals surface area contributed by atoms with Gasteiger partial charge in [-0.3, -0.25) is 9.59 Å².